The second kappa shape index (κ2) is 4.69. The van der Waals surface area contributed by atoms with Gasteiger partial charge in [0.15, 0.2) is 0 Å². The van der Waals surface area contributed by atoms with Crippen LogP contribution in [-0.2, 0) is 10.8 Å². The summed E-state index contributed by atoms with van der Waals surface area (Å²) in [5.41, 5.74) is 1.86. The van der Waals surface area contributed by atoms with Crippen LogP contribution in [0, 0.1) is 0 Å². The first-order chi connectivity index (χ1) is 8.68. The molecule has 0 radical (unpaired) electrons. The van der Waals surface area contributed by atoms with Crippen LogP contribution in [0.25, 0.3) is 6.08 Å². The summed E-state index contributed by atoms with van der Waals surface area (Å²) in [6.07, 6.45) is 10.7. The Labute approximate surface area is 118 Å². The fourth-order valence-corrected chi connectivity index (χ4v) is 4.25. The van der Waals surface area contributed by atoms with Crippen molar-refractivity contribution in [2.24, 2.45) is 0 Å². The van der Waals surface area contributed by atoms with Gasteiger partial charge in [-0.15, -0.1) is 0 Å². The van der Waals surface area contributed by atoms with Crippen LogP contribution in [0.3, 0.4) is 0 Å². The lowest BCUT2D eigenvalue weighted by molar-refractivity contribution is 0.676. The molecule has 92 valence electrons. The monoisotopic (exact) mass is 296 g/mol. The van der Waals surface area contributed by atoms with Gasteiger partial charge in [0, 0.05) is 10.5 Å². The fourth-order valence-electron chi connectivity index (χ4n) is 2.21. The molecule has 3 rings (SSSR count). The first-order valence-corrected chi connectivity index (χ1v) is 7.59. The minimum atomic E-state index is -1.09. The summed E-state index contributed by atoms with van der Waals surface area (Å²) in [6.45, 7) is 0. The minimum absolute atomic E-state index is 0.0183. The number of halogens is 2. The molecule has 1 heterocycles. The van der Waals surface area contributed by atoms with E-state index in [1.165, 1.54) is 0 Å². The van der Waals surface area contributed by atoms with Gasteiger partial charge in [0.05, 0.1) is 26.1 Å². The molecule has 0 spiro atoms. The van der Waals surface area contributed by atoms with E-state index in [1.54, 1.807) is 6.07 Å². The zero-order chi connectivity index (χ0) is 12.7. The highest BCUT2D eigenvalue weighted by Crippen LogP contribution is 2.37. The van der Waals surface area contributed by atoms with Gasteiger partial charge in [-0.05, 0) is 24.1 Å². The molecule has 1 aromatic rings. The summed E-state index contributed by atoms with van der Waals surface area (Å²) in [7, 11) is -1.09. The van der Waals surface area contributed by atoms with Crippen molar-refractivity contribution in [1.82, 2.24) is 0 Å². The predicted octanol–water partition coefficient (Wildman–Crippen LogP) is 4.38. The van der Waals surface area contributed by atoms with Crippen LogP contribution in [0.15, 0.2) is 46.9 Å². The highest BCUT2D eigenvalue weighted by atomic mass is 35.5. The maximum atomic E-state index is 12.6. The Morgan fingerprint density at radius 3 is 2.89 bits per heavy atom. The maximum absolute atomic E-state index is 12.6. The van der Waals surface area contributed by atoms with Gasteiger partial charge in [0.1, 0.15) is 0 Å². The van der Waals surface area contributed by atoms with Gasteiger partial charge in [-0.3, -0.25) is 4.21 Å². The maximum Gasteiger partial charge on any atom is 0.0678 e. The van der Waals surface area contributed by atoms with E-state index in [1.807, 2.05) is 36.4 Å². The van der Waals surface area contributed by atoms with Gasteiger partial charge in [0.25, 0.3) is 0 Å². The Kier molecular flexibility index (Phi) is 3.18. The van der Waals surface area contributed by atoms with E-state index in [2.05, 4.69) is 0 Å². The van der Waals surface area contributed by atoms with Gasteiger partial charge >= 0.3 is 0 Å². The second-order valence-corrected chi connectivity index (χ2v) is 6.61. The standard InChI is InChI=1S/C14H10Cl2OS/c15-11-7-8-13-10(14(11)16)6-5-9-3-1-2-4-12(9)18(13)17/h1-3,5-8,12H,4H2. The van der Waals surface area contributed by atoms with Crippen LogP contribution >= 0.6 is 23.2 Å². The Morgan fingerprint density at radius 1 is 1.22 bits per heavy atom. The van der Waals surface area contributed by atoms with Crippen LogP contribution in [0.5, 0.6) is 0 Å². The van der Waals surface area contributed by atoms with Crippen LogP contribution in [0.2, 0.25) is 10.0 Å². The van der Waals surface area contributed by atoms with E-state index in [0.29, 0.717) is 10.0 Å². The molecule has 2 unspecified atom stereocenters. The lowest BCUT2D eigenvalue weighted by atomic mass is 10.0. The zero-order valence-electron chi connectivity index (χ0n) is 9.40. The molecule has 4 heteroatoms. The van der Waals surface area contributed by atoms with E-state index < -0.39 is 10.8 Å². The smallest absolute Gasteiger partial charge is 0.0678 e. The third-order valence-corrected chi connectivity index (χ3v) is 5.75. The van der Waals surface area contributed by atoms with Crippen LogP contribution < -0.4 is 0 Å². The summed E-state index contributed by atoms with van der Waals surface area (Å²) in [6, 6.07) is 3.52. The first kappa shape index (κ1) is 12.2. The second-order valence-electron chi connectivity index (χ2n) is 4.22. The minimum Gasteiger partial charge on any atom is -0.254 e. The van der Waals surface area contributed by atoms with Crippen molar-refractivity contribution in [2.75, 3.05) is 0 Å². The SMILES string of the molecule is O=S1c2ccc(Cl)c(Cl)c2C=CC2=CC=CCC21. The van der Waals surface area contributed by atoms with Crippen molar-refractivity contribution >= 4 is 40.1 Å². The molecule has 1 aliphatic carbocycles. The summed E-state index contributed by atoms with van der Waals surface area (Å²) in [4.78, 5) is 0.768. The molecule has 1 aromatic carbocycles. The Morgan fingerprint density at radius 2 is 2.06 bits per heavy atom. The Hall–Kier alpha value is -0.830. The molecule has 2 atom stereocenters. The normalized spacial score (nSPS) is 25.1. The summed E-state index contributed by atoms with van der Waals surface area (Å²) in [5.74, 6) is 0. The van der Waals surface area contributed by atoms with Crippen molar-refractivity contribution in [2.45, 2.75) is 16.6 Å². The van der Waals surface area contributed by atoms with Gasteiger partial charge in [0.2, 0.25) is 0 Å². The van der Waals surface area contributed by atoms with Gasteiger partial charge < -0.3 is 0 Å². The molecule has 0 aromatic heterocycles. The van der Waals surface area contributed by atoms with Crippen molar-refractivity contribution in [3.8, 4) is 0 Å². The van der Waals surface area contributed by atoms with Crippen LogP contribution in [-0.4, -0.2) is 9.46 Å². The van der Waals surface area contributed by atoms with Crippen LogP contribution in [0.1, 0.15) is 12.0 Å². The lowest BCUT2D eigenvalue weighted by Crippen LogP contribution is -2.17. The average Bonchev–Trinajstić information content (AvgIpc) is 2.53. The summed E-state index contributed by atoms with van der Waals surface area (Å²) in [5, 5.41) is 0.991. The molecule has 18 heavy (non-hydrogen) atoms. The van der Waals surface area contributed by atoms with E-state index >= 15 is 0 Å². The number of benzene rings is 1. The quantitative estimate of drug-likeness (QED) is 0.694. The molecule has 0 bridgehead atoms. The number of fused-ring (bicyclic) bond motifs is 2. The van der Waals surface area contributed by atoms with Gasteiger partial charge in [-0.1, -0.05) is 53.6 Å². The molecule has 2 aliphatic rings. The van der Waals surface area contributed by atoms with Gasteiger partial charge in [-0.2, -0.15) is 0 Å². The van der Waals surface area contributed by atoms with Crippen molar-refractivity contribution in [3.63, 3.8) is 0 Å². The van der Waals surface area contributed by atoms with Crippen LogP contribution in [0.4, 0.5) is 0 Å². The molecule has 0 amide bonds. The van der Waals surface area contributed by atoms with E-state index in [4.69, 9.17) is 23.2 Å². The highest BCUT2D eigenvalue weighted by Gasteiger charge is 2.27. The van der Waals surface area contributed by atoms with E-state index in [-0.39, 0.29) is 5.25 Å². The molecule has 1 nitrogen and oxygen atoms in total. The summed E-state index contributed by atoms with van der Waals surface area (Å²) >= 11 is 12.2. The van der Waals surface area contributed by atoms with Crippen molar-refractivity contribution < 1.29 is 4.21 Å². The lowest BCUT2D eigenvalue weighted by Gasteiger charge is -2.17. The highest BCUT2D eigenvalue weighted by molar-refractivity contribution is 7.86. The first-order valence-electron chi connectivity index (χ1n) is 5.62. The van der Waals surface area contributed by atoms with E-state index in [9.17, 15) is 4.21 Å². The number of rotatable bonds is 0. The third kappa shape index (κ3) is 1.89. The largest absolute Gasteiger partial charge is 0.254 e. The Balaban J connectivity index is 2.21. The fraction of sp³-hybridized carbons (Fsp3) is 0.143. The third-order valence-electron chi connectivity index (χ3n) is 3.16. The number of allylic oxidation sites excluding steroid dienone is 4. The average molecular weight is 297 g/mol. The van der Waals surface area contributed by atoms with Gasteiger partial charge in [-0.25, -0.2) is 0 Å². The zero-order valence-corrected chi connectivity index (χ0v) is 11.7. The number of hydrogen-bond donors (Lipinski definition) is 0. The predicted molar refractivity (Wildman–Crippen MR) is 77.5 cm³/mol. The molecular weight excluding hydrogens is 287 g/mol. The molecule has 0 N–H and O–H groups in total. The molecular formula is C14H10Cl2OS. The molecule has 0 fully saturated rings. The van der Waals surface area contributed by atoms with E-state index in [0.717, 1.165) is 22.5 Å². The molecule has 0 saturated carbocycles. The number of hydrogen-bond acceptors (Lipinski definition) is 1. The summed E-state index contributed by atoms with van der Waals surface area (Å²) < 4.78 is 12.6. The molecule has 0 saturated heterocycles. The van der Waals surface area contributed by atoms with Crippen molar-refractivity contribution in [1.29, 1.82) is 0 Å². The Bertz CT molecular complexity index is 629. The topological polar surface area (TPSA) is 17.1 Å². The molecule has 1 aliphatic heterocycles. The van der Waals surface area contributed by atoms with Crippen molar-refractivity contribution in [3.05, 3.63) is 57.6 Å².